The highest BCUT2D eigenvalue weighted by Crippen LogP contribution is 2.63. The minimum atomic E-state index is 0.542. The largest absolute Gasteiger partial charge is 0.316 e. The molecule has 1 aromatic heterocycles. The van der Waals surface area contributed by atoms with Crippen LogP contribution in [0.4, 0.5) is 0 Å². The summed E-state index contributed by atoms with van der Waals surface area (Å²) in [7, 11) is 2.12. The number of nitrogens with one attached hydrogen (secondary N) is 2. The van der Waals surface area contributed by atoms with E-state index in [-0.39, 0.29) is 0 Å². The highest BCUT2D eigenvalue weighted by atomic mass is 16.1. The van der Waals surface area contributed by atoms with E-state index in [2.05, 4.69) is 29.5 Å². The number of aromatic nitrogens is 2. The maximum absolute atomic E-state index is 10.4. The van der Waals surface area contributed by atoms with E-state index >= 15 is 0 Å². The molecule has 4 rings (SSSR count). The molecule has 2 atom stereocenters. The molecule has 0 aliphatic heterocycles. The Morgan fingerprint density at radius 2 is 2.04 bits per heavy atom. The fourth-order valence-corrected chi connectivity index (χ4v) is 3.77. The van der Waals surface area contributed by atoms with Crippen molar-refractivity contribution in [3.05, 3.63) is 30.0 Å². The van der Waals surface area contributed by atoms with Gasteiger partial charge in [-0.15, -0.1) is 0 Å². The average Bonchev–Trinajstić information content (AvgIpc) is 3.30. The normalized spacial score (nSPS) is 23.1. The van der Waals surface area contributed by atoms with Crippen LogP contribution in [-0.2, 0) is 0 Å². The number of benzene rings is 1. The Hall–Kier alpha value is -1.68. The molecule has 2 aromatic rings. The average molecular weight is 315 g/mol. The lowest BCUT2D eigenvalue weighted by Crippen LogP contribution is -2.51. The number of carbonyl (C=O) groups is 1. The Morgan fingerprint density at radius 3 is 2.61 bits per heavy atom. The van der Waals surface area contributed by atoms with Gasteiger partial charge in [0.15, 0.2) is 6.29 Å². The van der Waals surface area contributed by atoms with E-state index in [0.717, 1.165) is 34.6 Å². The summed E-state index contributed by atoms with van der Waals surface area (Å²) in [5.41, 5.74) is 2.17. The molecular weight excluding hydrogens is 286 g/mol. The first-order valence-electron chi connectivity index (χ1n) is 8.79. The minimum absolute atomic E-state index is 0.542. The second kappa shape index (κ2) is 7.73. The van der Waals surface area contributed by atoms with Crippen LogP contribution in [0.2, 0.25) is 0 Å². The molecular formula is C19H29N3O. The highest BCUT2D eigenvalue weighted by Gasteiger charge is 2.59. The second-order valence-corrected chi connectivity index (χ2v) is 6.27. The van der Waals surface area contributed by atoms with Crippen LogP contribution >= 0.6 is 0 Å². The molecule has 2 saturated carbocycles. The van der Waals surface area contributed by atoms with E-state index in [0.29, 0.717) is 5.69 Å². The van der Waals surface area contributed by atoms with Gasteiger partial charge < -0.3 is 5.32 Å². The Labute approximate surface area is 139 Å². The number of rotatable bonds is 3. The minimum Gasteiger partial charge on any atom is -0.316 e. The van der Waals surface area contributed by atoms with E-state index in [1.54, 1.807) is 0 Å². The summed E-state index contributed by atoms with van der Waals surface area (Å²) in [6.45, 7) is 6.31. The first-order chi connectivity index (χ1) is 11.2. The van der Waals surface area contributed by atoms with Crippen molar-refractivity contribution < 1.29 is 4.79 Å². The molecule has 2 N–H and O–H groups in total. The van der Waals surface area contributed by atoms with Crippen LogP contribution in [0.25, 0.3) is 10.9 Å². The fraction of sp³-hybridized carbons (Fsp3) is 0.579. The summed E-state index contributed by atoms with van der Waals surface area (Å²) in [5, 5.41) is 10.9. The van der Waals surface area contributed by atoms with E-state index in [9.17, 15) is 4.79 Å². The number of fused-ring (bicyclic) bond motifs is 1. The van der Waals surface area contributed by atoms with E-state index in [4.69, 9.17) is 0 Å². The summed E-state index contributed by atoms with van der Waals surface area (Å²) in [4.78, 5) is 10.4. The molecule has 23 heavy (non-hydrogen) atoms. The van der Waals surface area contributed by atoms with Gasteiger partial charge in [-0.3, -0.25) is 9.89 Å². The fourth-order valence-electron chi connectivity index (χ4n) is 3.77. The van der Waals surface area contributed by atoms with Crippen molar-refractivity contribution in [2.45, 2.75) is 52.5 Å². The van der Waals surface area contributed by atoms with Crippen LogP contribution in [0.5, 0.6) is 0 Å². The van der Waals surface area contributed by atoms with Gasteiger partial charge in [-0.05, 0) is 43.7 Å². The summed E-state index contributed by atoms with van der Waals surface area (Å²) in [5.74, 6) is 0.993. The molecule has 2 aliphatic carbocycles. The Kier molecular flexibility index (Phi) is 5.94. The Bertz CT molecular complexity index is 630. The maximum atomic E-state index is 10.4. The third kappa shape index (κ3) is 3.47. The third-order valence-corrected chi connectivity index (χ3v) is 5.14. The van der Waals surface area contributed by atoms with Crippen molar-refractivity contribution in [3.63, 3.8) is 0 Å². The van der Waals surface area contributed by atoms with E-state index in [1.807, 2.05) is 38.1 Å². The molecule has 2 fully saturated rings. The lowest BCUT2D eigenvalue weighted by atomic mass is 9.66. The van der Waals surface area contributed by atoms with Crippen LogP contribution in [-0.4, -0.2) is 29.6 Å². The van der Waals surface area contributed by atoms with Gasteiger partial charge in [0.05, 0.1) is 5.52 Å². The molecule has 1 aromatic carbocycles. The van der Waals surface area contributed by atoms with Gasteiger partial charge in [0.2, 0.25) is 0 Å². The van der Waals surface area contributed by atoms with Crippen molar-refractivity contribution in [2.24, 2.45) is 11.3 Å². The van der Waals surface area contributed by atoms with Crippen molar-refractivity contribution in [1.82, 2.24) is 15.5 Å². The molecule has 126 valence electrons. The topological polar surface area (TPSA) is 57.8 Å². The van der Waals surface area contributed by atoms with Crippen LogP contribution in [0.1, 0.15) is 56.9 Å². The summed E-state index contributed by atoms with van der Waals surface area (Å²) < 4.78 is 0. The molecule has 1 spiro atoms. The number of para-hydroxylation sites is 1. The molecule has 2 aliphatic rings. The third-order valence-electron chi connectivity index (χ3n) is 5.14. The van der Waals surface area contributed by atoms with Crippen LogP contribution in [0.3, 0.4) is 0 Å². The monoisotopic (exact) mass is 315 g/mol. The molecule has 0 saturated heterocycles. The highest BCUT2D eigenvalue weighted by molar-refractivity contribution is 5.94. The van der Waals surface area contributed by atoms with Gasteiger partial charge in [-0.25, -0.2) is 0 Å². The first kappa shape index (κ1) is 17.7. The van der Waals surface area contributed by atoms with Crippen molar-refractivity contribution in [3.8, 4) is 0 Å². The van der Waals surface area contributed by atoms with Gasteiger partial charge in [0.25, 0.3) is 0 Å². The zero-order valence-corrected chi connectivity index (χ0v) is 14.7. The Balaban J connectivity index is 0.000000152. The van der Waals surface area contributed by atoms with Gasteiger partial charge in [-0.1, -0.05) is 45.4 Å². The predicted molar refractivity (Wildman–Crippen MR) is 95.7 cm³/mol. The summed E-state index contributed by atoms with van der Waals surface area (Å²) in [6.07, 6.45) is 6.64. The van der Waals surface area contributed by atoms with Crippen LogP contribution in [0, 0.1) is 11.3 Å². The standard InChI is InChI=1S/C9H17N.C8H6N2O.C2H6/c1-3-7-6-9(4-5-9)8(7)10-2;11-5-8-6-3-1-2-4-7(6)9-10-8;1-2/h7-8,10H,3-6H2,1-2H3;1-5H,(H,9,10);1-2H3. The molecule has 1 heterocycles. The SMILES string of the molecule is CC.CCC1CC2(CC2)C1NC.O=Cc1[nH]nc2ccccc12. The molecule has 2 unspecified atom stereocenters. The van der Waals surface area contributed by atoms with Gasteiger partial charge in [0, 0.05) is 11.4 Å². The molecule has 0 bridgehead atoms. The van der Waals surface area contributed by atoms with Gasteiger partial charge >= 0.3 is 0 Å². The maximum Gasteiger partial charge on any atom is 0.168 e. The number of aromatic amines is 1. The molecule has 4 heteroatoms. The van der Waals surface area contributed by atoms with Crippen molar-refractivity contribution in [2.75, 3.05) is 7.05 Å². The lowest BCUT2D eigenvalue weighted by molar-refractivity contribution is 0.0900. The van der Waals surface area contributed by atoms with E-state index < -0.39 is 0 Å². The number of carbonyl (C=O) groups excluding carboxylic acids is 1. The lowest BCUT2D eigenvalue weighted by Gasteiger charge is -2.45. The van der Waals surface area contributed by atoms with Crippen LogP contribution < -0.4 is 5.32 Å². The number of H-pyrrole nitrogens is 1. The molecule has 4 nitrogen and oxygen atoms in total. The van der Waals surface area contributed by atoms with Gasteiger partial charge in [-0.2, -0.15) is 5.10 Å². The number of nitrogens with zero attached hydrogens (tertiary/aromatic N) is 1. The van der Waals surface area contributed by atoms with Crippen molar-refractivity contribution >= 4 is 17.2 Å². The summed E-state index contributed by atoms with van der Waals surface area (Å²) in [6, 6.07) is 8.36. The quantitative estimate of drug-likeness (QED) is 0.835. The van der Waals surface area contributed by atoms with E-state index in [1.165, 1.54) is 25.7 Å². The number of hydrogen-bond donors (Lipinski definition) is 2. The smallest absolute Gasteiger partial charge is 0.168 e. The summed E-state index contributed by atoms with van der Waals surface area (Å²) >= 11 is 0. The zero-order chi connectivity index (χ0) is 16.9. The first-order valence-corrected chi connectivity index (χ1v) is 8.79. The number of aldehydes is 1. The van der Waals surface area contributed by atoms with Gasteiger partial charge in [0.1, 0.15) is 5.69 Å². The van der Waals surface area contributed by atoms with Crippen LogP contribution in [0.15, 0.2) is 24.3 Å². The molecule has 0 radical (unpaired) electrons. The number of hydrogen-bond acceptors (Lipinski definition) is 3. The predicted octanol–water partition coefficient (Wildman–Crippen LogP) is 4.19. The van der Waals surface area contributed by atoms with Crippen molar-refractivity contribution in [1.29, 1.82) is 0 Å². The zero-order valence-electron chi connectivity index (χ0n) is 14.7. The Morgan fingerprint density at radius 1 is 1.35 bits per heavy atom. The molecule has 0 amide bonds. The second-order valence-electron chi connectivity index (χ2n) is 6.27.